The first-order chi connectivity index (χ1) is 13.3. The van der Waals surface area contributed by atoms with Crippen LogP contribution in [0.15, 0.2) is 0 Å². The lowest BCUT2D eigenvalue weighted by Crippen LogP contribution is -2.57. The second-order valence-corrected chi connectivity index (χ2v) is 11.7. The third-order valence-corrected chi connectivity index (χ3v) is 11.1. The molecule has 0 aromatic carbocycles. The van der Waals surface area contributed by atoms with Gasteiger partial charge in [0.15, 0.2) is 0 Å². The predicted octanol–water partition coefficient (Wildman–Crippen LogP) is 5.47. The molecule has 0 aromatic heterocycles. The van der Waals surface area contributed by atoms with Gasteiger partial charge in [-0.1, -0.05) is 20.8 Å². The highest BCUT2D eigenvalue weighted by Gasteiger charge is 2.77. The quantitative estimate of drug-likeness (QED) is 0.599. The Labute approximate surface area is 171 Å². The predicted molar refractivity (Wildman–Crippen MR) is 110 cm³/mol. The number of carbonyl (C=O) groups is 1. The summed E-state index contributed by atoms with van der Waals surface area (Å²) in [5, 5.41) is 0. The highest BCUT2D eigenvalue weighted by molar-refractivity contribution is 5.65. The first-order valence-electron chi connectivity index (χ1n) is 11.9. The van der Waals surface area contributed by atoms with Crippen LogP contribution in [-0.4, -0.2) is 25.8 Å². The number of hydrogen-bond donors (Lipinski definition) is 0. The second-order valence-electron chi connectivity index (χ2n) is 11.7. The van der Waals surface area contributed by atoms with Gasteiger partial charge in [-0.15, -0.1) is 0 Å². The molecule has 3 nitrogen and oxygen atoms in total. The molecule has 0 aromatic rings. The van der Waals surface area contributed by atoms with E-state index in [0.717, 1.165) is 23.7 Å². The smallest absolute Gasteiger partial charge is 0.302 e. The monoisotopic (exact) mass is 388 g/mol. The van der Waals surface area contributed by atoms with Gasteiger partial charge in [-0.05, 0) is 97.7 Å². The molecule has 0 heterocycles. The van der Waals surface area contributed by atoms with Crippen molar-refractivity contribution in [1.82, 2.24) is 0 Å². The van der Waals surface area contributed by atoms with E-state index in [9.17, 15) is 4.79 Å². The minimum atomic E-state index is -0.135. The Morgan fingerprint density at radius 2 is 1.89 bits per heavy atom. The van der Waals surface area contributed by atoms with E-state index in [1.54, 1.807) is 0 Å². The Bertz CT molecular complexity index is 660. The molecule has 5 saturated carbocycles. The average Bonchev–Trinajstić information content (AvgIpc) is 3.16. The normalized spacial score (nSPS) is 54.9. The maximum absolute atomic E-state index is 11.3. The van der Waals surface area contributed by atoms with Crippen LogP contribution in [0.4, 0.5) is 0 Å². The molecule has 5 aliphatic carbocycles. The van der Waals surface area contributed by atoms with Gasteiger partial charge in [-0.2, -0.15) is 0 Å². The highest BCUT2D eigenvalue weighted by atomic mass is 16.5. The van der Waals surface area contributed by atoms with E-state index in [2.05, 4.69) is 20.8 Å². The van der Waals surface area contributed by atoms with Crippen LogP contribution in [0.3, 0.4) is 0 Å². The van der Waals surface area contributed by atoms with Crippen LogP contribution in [0, 0.1) is 51.8 Å². The van der Waals surface area contributed by atoms with Crippen LogP contribution in [0.1, 0.15) is 79.1 Å². The molecule has 0 N–H and O–H groups in total. The van der Waals surface area contributed by atoms with Crippen LogP contribution in [-0.2, 0) is 14.3 Å². The lowest BCUT2D eigenvalue weighted by atomic mass is 9.45. The van der Waals surface area contributed by atoms with E-state index >= 15 is 0 Å². The molecule has 1 spiro atoms. The molecule has 0 aliphatic heterocycles. The van der Waals surface area contributed by atoms with Crippen molar-refractivity contribution in [2.24, 2.45) is 51.8 Å². The zero-order valence-electron chi connectivity index (χ0n) is 18.6. The number of esters is 1. The molecule has 5 rings (SSSR count). The minimum Gasteiger partial charge on any atom is -0.466 e. The van der Waals surface area contributed by atoms with Crippen molar-refractivity contribution in [2.45, 2.75) is 85.2 Å². The van der Waals surface area contributed by atoms with E-state index < -0.39 is 0 Å². The molecule has 5 aliphatic rings. The maximum Gasteiger partial charge on any atom is 0.302 e. The molecule has 158 valence electrons. The van der Waals surface area contributed by atoms with Gasteiger partial charge in [0.2, 0.25) is 0 Å². The minimum absolute atomic E-state index is 0.135. The first-order valence-corrected chi connectivity index (χ1v) is 11.9. The molecule has 10 atom stereocenters. The van der Waals surface area contributed by atoms with Gasteiger partial charge in [0, 0.05) is 19.4 Å². The van der Waals surface area contributed by atoms with Crippen molar-refractivity contribution in [2.75, 3.05) is 13.7 Å². The SMILES string of the molecule is CO[C@@H]1C[C@H]2[C@@H]3CC[C@H](C(C)COC(C)=O)[C@@]3(C)CC[C@@H]2[C@@]2(C)CC[C@H]3C[C@]312. The number of rotatable bonds is 4. The number of hydrogen-bond acceptors (Lipinski definition) is 3. The standard InChI is InChI=1S/C25H40O3/c1-15(14-28-16(2)26)19-6-7-20-18-12-22(27-5)25-13-17(25)8-11-24(25,4)21(18)9-10-23(19,20)3/h15,17-22H,6-14H2,1-5H3/t15?,17-,18-,19+,20-,21-,22+,23+,24+,25-/m0/s1. The average molecular weight is 389 g/mol. The van der Waals surface area contributed by atoms with Gasteiger partial charge >= 0.3 is 5.97 Å². The number of fused-ring (bicyclic) bond motifs is 4. The molecule has 3 heteroatoms. The largest absolute Gasteiger partial charge is 0.466 e. The van der Waals surface area contributed by atoms with Gasteiger partial charge in [0.05, 0.1) is 12.7 Å². The van der Waals surface area contributed by atoms with Crippen LogP contribution in [0.5, 0.6) is 0 Å². The fourth-order valence-corrected chi connectivity index (χ4v) is 9.92. The van der Waals surface area contributed by atoms with Crippen molar-refractivity contribution in [3.8, 4) is 0 Å². The summed E-state index contributed by atoms with van der Waals surface area (Å²) in [6.45, 7) is 9.68. The highest BCUT2D eigenvalue weighted by Crippen LogP contribution is 2.82. The third-order valence-electron chi connectivity index (χ3n) is 11.1. The number of carbonyl (C=O) groups excluding carboxylic acids is 1. The molecule has 0 radical (unpaired) electrons. The fraction of sp³-hybridized carbons (Fsp3) is 0.960. The van der Waals surface area contributed by atoms with Gasteiger partial charge in [0.25, 0.3) is 0 Å². The Kier molecular flexibility index (Phi) is 4.31. The Morgan fingerprint density at radius 3 is 2.57 bits per heavy atom. The van der Waals surface area contributed by atoms with Gasteiger partial charge in [0.1, 0.15) is 0 Å². The number of methoxy groups -OCH3 is 1. The summed E-state index contributed by atoms with van der Waals surface area (Å²) in [5.41, 5.74) is 1.46. The van der Waals surface area contributed by atoms with Gasteiger partial charge in [-0.25, -0.2) is 0 Å². The van der Waals surface area contributed by atoms with Crippen LogP contribution in [0.25, 0.3) is 0 Å². The Morgan fingerprint density at radius 1 is 1.11 bits per heavy atom. The van der Waals surface area contributed by atoms with E-state index in [4.69, 9.17) is 9.47 Å². The topological polar surface area (TPSA) is 35.5 Å². The van der Waals surface area contributed by atoms with Crippen LogP contribution < -0.4 is 0 Å². The first kappa shape index (κ1) is 19.4. The summed E-state index contributed by atoms with van der Waals surface area (Å²) in [6.07, 6.45) is 11.6. The van der Waals surface area contributed by atoms with Gasteiger partial charge in [-0.3, -0.25) is 4.79 Å². The molecule has 5 fully saturated rings. The van der Waals surface area contributed by atoms with E-state index in [1.165, 1.54) is 58.3 Å². The summed E-state index contributed by atoms with van der Waals surface area (Å²) in [5.74, 6) is 4.57. The summed E-state index contributed by atoms with van der Waals surface area (Å²) >= 11 is 0. The second kappa shape index (κ2) is 6.22. The Balaban J connectivity index is 1.40. The zero-order chi connectivity index (χ0) is 19.9. The van der Waals surface area contributed by atoms with Crippen LogP contribution >= 0.6 is 0 Å². The molecular weight excluding hydrogens is 348 g/mol. The van der Waals surface area contributed by atoms with Crippen molar-refractivity contribution >= 4 is 5.97 Å². The number of ether oxygens (including phenoxy) is 2. The summed E-state index contributed by atoms with van der Waals surface area (Å²) in [6, 6.07) is 0. The van der Waals surface area contributed by atoms with Crippen molar-refractivity contribution in [3.05, 3.63) is 0 Å². The lowest BCUT2D eigenvalue weighted by molar-refractivity contribution is -0.162. The van der Waals surface area contributed by atoms with Gasteiger partial charge < -0.3 is 9.47 Å². The summed E-state index contributed by atoms with van der Waals surface area (Å²) in [7, 11) is 1.98. The molecule has 0 saturated heterocycles. The fourth-order valence-electron chi connectivity index (χ4n) is 9.92. The Hall–Kier alpha value is -0.570. The molecule has 0 bridgehead atoms. The van der Waals surface area contributed by atoms with Crippen LogP contribution in [0.2, 0.25) is 0 Å². The van der Waals surface area contributed by atoms with E-state index in [1.807, 2.05) is 7.11 Å². The summed E-state index contributed by atoms with van der Waals surface area (Å²) in [4.78, 5) is 11.3. The van der Waals surface area contributed by atoms with Crippen molar-refractivity contribution < 1.29 is 14.3 Å². The zero-order valence-corrected chi connectivity index (χ0v) is 18.6. The molecule has 1 unspecified atom stereocenters. The van der Waals surface area contributed by atoms with Crippen molar-refractivity contribution in [3.63, 3.8) is 0 Å². The summed E-state index contributed by atoms with van der Waals surface area (Å²) < 4.78 is 11.6. The molecular formula is C25H40O3. The third kappa shape index (κ3) is 2.29. The lowest BCUT2D eigenvalue weighted by Gasteiger charge is -2.61. The maximum atomic E-state index is 11.3. The van der Waals surface area contributed by atoms with E-state index in [0.29, 0.717) is 40.8 Å². The molecule has 28 heavy (non-hydrogen) atoms. The molecule has 0 amide bonds. The van der Waals surface area contributed by atoms with Crippen molar-refractivity contribution in [1.29, 1.82) is 0 Å². The van der Waals surface area contributed by atoms with E-state index in [-0.39, 0.29) is 5.97 Å².